The van der Waals surface area contributed by atoms with Crippen molar-refractivity contribution in [1.82, 2.24) is 19.6 Å². The molecule has 0 aliphatic carbocycles. The van der Waals surface area contributed by atoms with E-state index in [0.29, 0.717) is 11.1 Å². The zero-order valence-corrected chi connectivity index (χ0v) is 17.8. The van der Waals surface area contributed by atoms with Gasteiger partial charge in [0.25, 0.3) is 5.56 Å². The van der Waals surface area contributed by atoms with E-state index in [1.807, 2.05) is 37.3 Å². The molecule has 1 amide bonds. The Hall–Kier alpha value is -3.88. The first-order valence-corrected chi connectivity index (χ1v) is 10.1. The van der Waals surface area contributed by atoms with E-state index in [1.54, 1.807) is 18.5 Å². The smallest absolute Gasteiger partial charge is 0.295 e. The molecular weight excluding hydrogens is 416 g/mol. The van der Waals surface area contributed by atoms with Crippen LogP contribution in [-0.2, 0) is 4.79 Å². The van der Waals surface area contributed by atoms with Crippen LogP contribution >= 0.6 is 0 Å². The minimum Gasteiger partial charge on any atom is -0.322 e. The Morgan fingerprint density at radius 3 is 2.50 bits per heavy atom. The van der Waals surface area contributed by atoms with Gasteiger partial charge < -0.3 is 5.32 Å². The maximum Gasteiger partial charge on any atom is 0.295 e. The number of carbonyl (C=O) groups excluding carboxylic acids is 1. The lowest BCUT2D eigenvalue weighted by molar-refractivity contribution is -0.119. The topological polar surface area (TPSA) is 81.8 Å². The zero-order valence-electron chi connectivity index (χ0n) is 17.8. The van der Waals surface area contributed by atoms with Crippen LogP contribution in [0.4, 0.5) is 14.5 Å². The van der Waals surface area contributed by atoms with Gasteiger partial charge in [-0.25, -0.2) is 18.1 Å². The first-order chi connectivity index (χ1) is 15.3. The maximum absolute atomic E-state index is 14.0. The number of aromatic nitrogens is 4. The molecule has 0 aliphatic rings. The fourth-order valence-electron chi connectivity index (χ4n) is 3.76. The predicted molar refractivity (Wildman–Crippen MR) is 117 cm³/mol. The van der Waals surface area contributed by atoms with Gasteiger partial charge in [-0.05, 0) is 44.5 Å². The molecule has 2 aromatic carbocycles. The van der Waals surface area contributed by atoms with E-state index in [4.69, 9.17) is 0 Å². The minimum absolute atomic E-state index is 0.182. The number of fused-ring (bicyclic) bond motifs is 1. The van der Waals surface area contributed by atoms with Crippen molar-refractivity contribution >= 4 is 22.5 Å². The number of para-hydroxylation sites is 1. The normalized spacial score (nSPS) is 12.2. The molecule has 4 aromatic rings. The van der Waals surface area contributed by atoms with Gasteiger partial charge in [0.15, 0.2) is 5.52 Å². The lowest BCUT2D eigenvalue weighted by atomic mass is 10.1. The van der Waals surface area contributed by atoms with E-state index in [2.05, 4.69) is 15.5 Å². The quantitative estimate of drug-likeness (QED) is 0.510. The van der Waals surface area contributed by atoms with Gasteiger partial charge in [-0.2, -0.15) is 10.2 Å². The number of anilines is 1. The van der Waals surface area contributed by atoms with Crippen LogP contribution in [0.15, 0.2) is 53.3 Å². The SMILES string of the molecule is CC[C@@H](C(=O)Nc1cc(F)ccc1F)n1nc(C)c2c(C)n(-c3ccccc3)nc2c1=O. The molecule has 7 nitrogen and oxygen atoms in total. The molecule has 0 bridgehead atoms. The first-order valence-electron chi connectivity index (χ1n) is 10.1. The monoisotopic (exact) mass is 437 g/mol. The molecule has 0 fully saturated rings. The molecule has 1 N–H and O–H groups in total. The number of amides is 1. The number of hydrogen-bond acceptors (Lipinski definition) is 4. The molecule has 1 atom stereocenters. The van der Waals surface area contributed by atoms with Crippen LogP contribution in [0, 0.1) is 25.5 Å². The highest BCUT2D eigenvalue weighted by Gasteiger charge is 2.26. The Kier molecular flexibility index (Phi) is 5.56. The second-order valence-electron chi connectivity index (χ2n) is 7.43. The average Bonchev–Trinajstić information content (AvgIpc) is 3.13. The van der Waals surface area contributed by atoms with E-state index < -0.39 is 29.1 Å². The third-order valence-corrected chi connectivity index (χ3v) is 5.32. The minimum atomic E-state index is -1.03. The highest BCUT2D eigenvalue weighted by molar-refractivity contribution is 5.94. The van der Waals surface area contributed by atoms with Crippen molar-refractivity contribution in [3.8, 4) is 5.69 Å². The molecule has 0 saturated carbocycles. The molecule has 2 heterocycles. The zero-order chi connectivity index (χ0) is 23.0. The van der Waals surface area contributed by atoms with Gasteiger partial charge in [0, 0.05) is 6.07 Å². The lowest BCUT2D eigenvalue weighted by Gasteiger charge is -2.17. The third-order valence-electron chi connectivity index (χ3n) is 5.32. The Morgan fingerprint density at radius 2 is 1.81 bits per heavy atom. The molecule has 0 radical (unpaired) electrons. The van der Waals surface area contributed by atoms with Crippen LogP contribution in [-0.4, -0.2) is 25.5 Å². The highest BCUT2D eigenvalue weighted by atomic mass is 19.1. The summed E-state index contributed by atoms with van der Waals surface area (Å²) in [7, 11) is 0. The molecule has 4 rings (SSSR count). The van der Waals surface area contributed by atoms with Gasteiger partial charge in [-0.15, -0.1) is 0 Å². The van der Waals surface area contributed by atoms with E-state index in [-0.39, 0.29) is 17.6 Å². The van der Waals surface area contributed by atoms with Gasteiger partial charge in [-0.3, -0.25) is 9.59 Å². The van der Waals surface area contributed by atoms with E-state index in [0.717, 1.165) is 34.3 Å². The summed E-state index contributed by atoms with van der Waals surface area (Å²) in [6, 6.07) is 11.1. The Labute approximate surface area is 182 Å². The summed E-state index contributed by atoms with van der Waals surface area (Å²) in [5.41, 5.74) is 1.41. The summed E-state index contributed by atoms with van der Waals surface area (Å²) in [6.45, 7) is 5.28. The molecule has 0 aliphatic heterocycles. The number of hydrogen-bond donors (Lipinski definition) is 1. The number of aryl methyl sites for hydroxylation is 2. The number of halogens is 2. The van der Waals surface area contributed by atoms with Crippen molar-refractivity contribution in [2.24, 2.45) is 0 Å². The van der Waals surface area contributed by atoms with Crippen LogP contribution in [0.5, 0.6) is 0 Å². The van der Waals surface area contributed by atoms with Gasteiger partial charge in [0.1, 0.15) is 17.7 Å². The fourth-order valence-corrected chi connectivity index (χ4v) is 3.76. The molecule has 164 valence electrons. The van der Waals surface area contributed by atoms with Crippen molar-refractivity contribution in [2.45, 2.75) is 33.2 Å². The molecule has 9 heteroatoms. The van der Waals surface area contributed by atoms with Gasteiger partial charge in [0.2, 0.25) is 5.91 Å². The van der Waals surface area contributed by atoms with Crippen LogP contribution < -0.4 is 10.9 Å². The Balaban J connectivity index is 1.79. The summed E-state index contributed by atoms with van der Waals surface area (Å²) >= 11 is 0. The van der Waals surface area contributed by atoms with Crippen molar-refractivity contribution in [3.05, 3.63) is 81.9 Å². The van der Waals surface area contributed by atoms with Gasteiger partial charge >= 0.3 is 0 Å². The molecule has 0 spiro atoms. The van der Waals surface area contributed by atoms with Crippen LogP contribution in [0.25, 0.3) is 16.6 Å². The molecule has 32 heavy (non-hydrogen) atoms. The van der Waals surface area contributed by atoms with Gasteiger partial charge in [0.05, 0.1) is 28.1 Å². The Bertz CT molecular complexity index is 1380. The number of nitrogens with one attached hydrogen (secondary N) is 1. The number of rotatable bonds is 5. The summed E-state index contributed by atoms with van der Waals surface area (Å²) in [5.74, 6) is -2.15. The van der Waals surface area contributed by atoms with Crippen molar-refractivity contribution in [3.63, 3.8) is 0 Å². The average molecular weight is 437 g/mol. The number of benzene rings is 2. The summed E-state index contributed by atoms with van der Waals surface area (Å²) in [4.78, 5) is 26.1. The van der Waals surface area contributed by atoms with Crippen molar-refractivity contribution in [1.29, 1.82) is 0 Å². The van der Waals surface area contributed by atoms with Crippen LogP contribution in [0.3, 0.4) is 0 Å². The summed E-state index contributed by atoms with van der Waals surface area (Å²) in [6.07, 6.45) is 0.207. The van der Waals surface area contributed by atoms with E-state index >= 15 is 0 Å². The maximum atomic E-state index is 14.0. The molecule has 0 unspecified atom stereocenters. The second kappa shape index (κ2) is 8.33. The fraction of sp³-hybridized carbons (Fsp3) is 0.217. The Morgan fingerprint density at radius 1 is 1.09 bits per heavy atom. The predicted octanol–water partition coefficient (Wildman–Crippen LogP) is 4.07. The molecule has 2 aromatic heterocycles. The summed E-state index contributed by atoms with van der Waals surface area (Å²) in [5, 5.41) is 11.8. The molecule has 0 saturated heterocycles. The van der Waals surface area contributed by atoms with Gasteiger partial charge in [-0.1, -0.05) is 25.1 Å². The first kappa shape index (κ1) is 21.4. The van der Waals surface area contributed by atoms with Crippen LogP contribution in [0.1, 0.15) is 30.8 Å². The molecular formula is C23H21F2N5O2. The third kappa shape index (κ3) is 3.66. The van der Waals surface area contributed by atoms with E-state index in [9.17, 15) is 18.4 Å². The largest absolute Gasteiger partial charge is 0.322 e. The number of nitrogens with zero attached hydrogens (tertiary/aromatic N) is 4. The number of carbonyl (C=O) groups is 1. The van der Waals surface area contributed by atoms with Crippen molar-refractivity contribution < 1.29 is 13.6 Å². The van der Waals surface area contributed by atoms with Crippen LogP contribution in [0.2, 0.25) is 0 Å². The second-order valence-corrected chi connectivity index (χ2v) is 7.43. The van der Waals surface area contributed by atoms with E-state index in [1.165, 1.54) is 0 Å². The standard InChI is InChI=1S/C23H21F2N5O2/c1-4-19(22(31)26-18-12-15(24)10-11-17(18)25)30-23(32)21-20(13(2)27-30)14(3)29(28-21)16-8-6-5-7-9-16/h5-12,19H,4H2,1-3H3,(H,26,31)/t19-/m0/s1. The highest BCUT2D eigenvalue weighted by Crippen LogP contribution is 2.23. The van der Waals surface area contributed by atoms with Crippen molar-refractivity contribution in [2.75, 3.05) is 5.32 Å². The summed E-state index contributed by atoms with van der Waals surface area (Å²) < 4.78 is 30.2. The lowest BCUT2D eigenvalue weighted by Crippen LogP contribution is -2.35.